The number of sulfone groups is 1. The smallest absolute Gasteiger partial charge is 0.147 e. The molecule has 0 saturated carbocycles. The minimum Gasteiger partial charge on any atom is -0.312 e. The molecule has 2 rings (SSSR count). The van der Waals surface area contributed by atoms with Gasteiger partial charge in [0, 0.05) is 12.5 Å². The van der Waals surface area contributed by atoms with E-state index in [0.717, 1.165) is 11.4 Å². The monoisotopic (exact) mass is 293 g/mol. The van der Waals surface area contributed by atoms with E-state index >= 15 is 0 Å². The van der Waals surface area contributed by atoms with E-state index < -0.39 is 9.84 Å². The van der Waals surface area contributed by atoms with Crippen LogP contribution < -0.4 is 5.32 Å². The molecular formula is C14H19N3O2S. The molecule has 0 bridgehead atoms. The number of nitrogens with zero attached hydrogens (tertiary/aromatic N) is 2. The van der Waals surface area contributed by atoms with Gasteiger partial charge in [0.2, 0.25) is 0 Å². The Morgan fingerprint density at radius 2 is 1.95 bits per heavy atom. The minimum absolute atomic E-state index is 0.0605. The van der Waals surface area contributed by atoms with Gasteiger partial charge < -0.3 is 5.32 Å². The molecule has 2 aromatic rings. The van der Waals surface area contributed by atoms with Crippen LogP contribution in [0.15, 0.2) is 42.6 Å². The van der Waals surface area contributed by atoms with Gasteiger partial charge >= 0.3 is 0 Å². The van der Waals surface area contributed by atoms with Crippen molar-refractivity contribution < 1.29 is 8.42 Å². The van der Waals surface area contributed by atoms with Gasteiger partial charge in [-0.1, -0.05) is 18.2 Å². The average molecular weight is 293 g/mol. The molecule has 1 heterocycles. The maximum absolute atomic E-state index is 11.3. The summed E-state index contributed by atoms with van der Waals surface area (Å²) in [4.78, 5) is 0. The highest BCUT2D eigenvalue weighted by Crippen LogP contribution is 2.16. The summed E-state index contributed by atoms with van der Waals surface area (Å²) in [6, 6.07) is 11.7. The van der Waals surface area contributed by atoms with Crippen LogP contribution in [-0.2, 0) is 9.84 Å². The number of aromatic nitrogens is 2. The van der Waals surface area contributed by atoms with Crippen molar-refractivity contribution in [3.8, 4) is 5.69 Å². The topological polar surface area (TPSA) is 64.0 Å². The van der Waals surface area contributed by atoms with Crippen molar-refractivity contribution in [2.45, 2.75) is 12.5 Å². The van der Waals surface area contributed by atoms with Gasteiger partial charge in [0.05, 0.1) is 23.2 Å². The standard InChI is InChI=1S/C14H19N3O2S/c1-15-13(9-11-20(2,18)19)14-8-10-17(16-14)12-6-4-3-5-7-12/h3-8,10,13,15H,9,11H2,1-2H3. The molecule has 1 aromatic heterocycles. The van der Waals surface area contributed by atoms with Gasteiger partial charge in [0.25, 0.3) is 0 Å². The zero-order valence-corrected chi connectivity index (χ0v) is 12.5. The van der Waals surface area contributed by atoms with Gasteiger partial charge in [0.1, 0.15) is 9.84 Å². The fourth-order valence-corrected chi connectivity index (χ4v) is 2.68. The lowest BCUT2D eigenvalue weighted by atomic mass is 10.1. The Morgan fingerprint density at radius 1 is 1.25 bits per heavy atom. The van der Waals surface area contributed by atoms with Crippen LogP contribution in [0.5, 0.6) is 0 Å². The molecule has 0 aliphatic heterocycles. The van der Waals surface area contributed by atoms with Crippen LogP contribution in [0.1, 0.15) is 18.2 Å². The first kappa shape index (κ1) is 14.7. The average Bonchev–Trinajstić information content (AvgIpc) is 2.89. The lowest BCUT2D eigenvalue weighted by molar-refractivity contribution is 0.544. The molecular weight excluding hydrogens is 274 g/mol. The first-order chi connectivity index (χ1) is 9.49. The molecule has 0 amide bonds. The Bertz CT molecular complexity index is 650. The number of hydrogen-bond acceptors (Lipinski definition) is 4. The zero-order chi connectivity index (χ0) is 14.6. The highest BCUT2D eigenvalue weighted by atomic mass is 32.2. The van der Waals surface area contributed by atoms with E-state index in [9.17, 15) is 8.42 Å². The molecule has 0 fully saturated rings. The van der Waals surface area contributed by atoms with E-state index in [2.05, 4.69) is 10.4 Å². The Balaban J connectivity index is 2.14. The second-order valence-electron chi connectivity index (χ2n) is 4.78. The second-order valence-corrected chi connectivity index (χ2v) is 7.04. The highest BCUT2D eigenvalue weighted by Gasteiger charge is 2.15. The zero-order valence-electron chi connectivity index (χ0n) is 11.7. The van der Waals surface area contributed by atoms with E-state index in [1.165, 1.54) is 6.26 Å². The molecule has 0 saturated heterocycles. The van der Waals surface area contributed by atoms with Gasteiger partial charge in [-0.25, -0.2) is 13.1 Å². The SMILES string of the molecule is CNC(CCS(C)(=O)=O)c1ccn(-c2ccccc2)n1. The van der Waals surface area contributed by atoms with E-state index in [-0.39, 0.29) is 11.8 Å². The first-order valence-corrected chi connectivity index (χ1v) is 8.51. The molecule has 20 heavy (non-hydrogen) atoms. The summed E-state index contributed by atoms with van der Waals surface area (Å²) in [6.07, 6.45) is 3.65. The molecule has 0 radical (unpaired) electrons. The van der Waals surface area contributed by atoms with E-state index in [1.807, 2.05) is 49.6 Å². The normalized spacial score (nSPS) is 13.3. The van der Waals surface area contributed by atoms with Crippen LogP contribution in [0.4, 0.5) is 0 Å². The van der Waals surface area contributed by atoms with Crippen molar-refractivity contribution in [1.82, 2.24) is 15.1 Å². The summed E-state index contributed by atoms with van der Waals surface area (Å²) in [7, 11) is -1.14. The molecule has 1 atom stereocenters. The molecule has 108 valence electrons. The maximum Gasteiger partial charge on any atom is 0.147 e. The lowest BCUT2D eigenvalue weighted by Gasteiger charge is -2.12. The van der Waals surface area contributed by atoms with Crippen molar-refractivity contribution in [3.63, 3.8) is 0 Å². The van der Waals surface area contributed by atoms with E-state index in [0.29, 0.717) is 6.42 Å². The highest BCUT2D eigenvalue weighted by molar-refractivity contribution is 7.90. The Kier molecular flexibility index (Phi) is 4.57. The molecule has 0 aliphatic carbocycles. The van der Waals surface area contributed by atoms with Crippen LogP contribution in [0, 0.1) is 0 Å². The summed E-state index contributed by atoms with van der Waals surface area (Å²) in [6.45, 7) is 0. The summed E-state index contributed by atoms with van der Waals surface area (Å²) in [5.74, 6) is 0.150. The van der Waals surface area contributed by atoms with E-state index in [1.54, 1.807) is 4.68 Å². The lowest BCUT2D eigenvalue weighted by Crippen LogP contribution is -2.20. The third-order valence-corrected chi connectivity index (χ3v) is 4.09. The van der Waals surface area contributed by atoms with E-state index in [4.69, 9.17) is 0 Å². The number of para-hydroxylation sites is 1. The van der Waals surface area contributed by atoms with Crippen LogP contribution in [0.3, 0.4) is 0 Å². The Hall–Kier alpha value is -1.66. The van der Waals surface area contributed by atoms with Gasteiger partial charge in [-0.3, -0.25) is 0 Å². The summed E-state index contributed by atoms with van der Waals surface area (Å²) < 4.78 is 24.3. The van der Waals surface area contributed by atoms with Gasteiger partial charge in [-0.05, 0) is 31.7 Å². The van der Waals surface area contributed by atoms with Crippen LogP contribution in [-0.4, -0.2) is 37.3 Å². The number of benzene rings is 1. The first-order valence-electron chi connectivity index (χ1n) is 6.45. The van der Waals surface area contributed by atoms with Gasteiger partial charge in [-0.2, -0.15) is 5.10 Å². The summed E-state index contributed by atoms with van der Waals surface area (Å²) in [5, 5.41) is 7.63. The van der Waals surface area contributed by atoms with Crippen LogP contribution in [0.25, 0.3) is 5.69 Å². The largest absolute Gasteiger partial charge is 0.312 e. The van der Waals surface area contributed by atoms with Crippen molar-refractivity contribution >= 4 is 9.84 Å². The Morgan fingerprint density at radius 3 is 2.55 bits per heavy atom. The summed E-state index contributed by atoms with van der Waals surface area (Å²) >= 11 is 0. The molecule has 5 nitrogen and oxygen atoms in total. The third kappa shape index (κ3) is 3.91. The third-order valence-electron chi connectivity index (χ3n) is 3.11. The molecule has 0 spiro atoms. The van der Waals surface area contributed by atoms with Crippen molar-refractivity contribution in [1.29, 1.82) is 0 Å². The number of hydrogen-bond donors (Lipinski definition) is 1. The molecule has 1 N–H and O–H groups in total. The van der Waals surface area contributed by atoms with Gasteiger partial charge in [-0.15, -0.1) is 0 Å². The molecule has 6 heteroatoms. The Labute approximate surface area is 119 Å². The number of nitrogens with one attached hydrogen (secondary N) is 1. The van der Waals surface area contributed by atoms with Crippen molar-refractivity contribution in [2.75, 3.05) is 19.1 Å². The maximum atomic E-state index is 11.3. The predicted octanol–water partition coefficient (Wildman–Crippen LogP) is 1.57. The number of rotatable bonds is 6. The second kappa shape index (κ2) is 6.19. The summed E-state index contributed by atoms with van der Waals surface area (Å²) in [5.41, 5.74) is 1.83. The van der Waals surface area contributed by atoms with Crippen LogP contribution in [0.2, 0.25) is 0 Å². The predicted molar refractivity (Wildman–Crippen MR) is 79.7 cm³/mol. The molecule has 1 aromatic carbocycles. The van der Waals surface area contributed by atoms with Crippen molar-refractivity contribution in [2.24, 2.45) is 0 Å². The van der Waals surface area contributed by atoms with Crippen LogP contribution >= 0.6 is 0 Å². The fraction of sp³-hybridized carbons (Fsp3) is 0.357. The molecule has 1 unspecified atom stereocenters. The molecule has 0 aliphatic rings. The van der Waals surface area contributed by atoms with Gasteiger partial charge in [0.15, 0.2) is 0 Å². The minimum atomic E-state index is -2.96. The fourth-order valence-electron chi connectivity index (χ4n) is 2.02. The quantitative estimate of drug-likeness (QED) is 0.878. The van der Waals surface area contributed by atoms with Crippen molar-refractivity contribution in [3.05, 3.63) is 48.3 Å².